The molecule has 0 bridgehead atoms. The third-order valence-corrected chi connectivity index (χ3v) is 2.94. The predicted octanol–water partition coefficient (Wildman–Crippen LogP) is 2.72. The van der Waals surface area contributed by atoms with E-state index < -0.39 is 0 Å². The molecule has 18 heavy (non-hydrogen) atoms. The molecular weight excluding hydrogens is 275 g/mol. The van der Waals surface area contributed by atoms with Gasteiger partial charge in [0.15, 0.2) is 0 Å². The minimum atomic E-state index is 0.00643. The summed E-state index contributed by atoms with van der Waals surface area (Å²) in [7, 11) is 0. The lowest BCUT2D eigenvalue weighted by Crippen LogP contribution is -2.21. The molecule has 0 aliphatic carbocycles. The Morgan fingerprint density at radius 1 is 1.44 bits per heavy atom. The molecule has 0 saturated carbocycles. The molecule has 2 N–H and O–H groups in total. The van der Waals surface area contributed by atoms with Crippen molar-refractivity contribution >= 4 is 23.2 Å². The smallest absolute Gasteiger partial charge is 0.228 e. The normalized spacial score (nSPS) is 12.7. The zero-order valence-electron chi connectivity index (χ0n) is 9.73. The van der Waals surface area contributed by atoms with Crippen LogP contribution >= 0.6 is 23.2 Å². The fourth-order valence-corrected chi connectivity index (χ4v) is 1.85. The number of hydrogen-bond acceptors (Lipinski definition) is 5. The summed E-state index contributed by atoms with van der Waals surface area (Å²) in [6.07, 6.45) is 2.86. The Labute approximate surface area is 114 Å². The van der Waals surface area contributed by atoms with Crippen LogP contribution in [0.15, 0.2) is 16.8 Å². The minimum Gasteiger partial charge on any atom is -0.339 e. The highest BCUT2D eigenvalue weighted by molar-refractivity contribution is 6.35. The zero-order chi connectivity index (χ0) is 13.1. The molecule has 2 rings (SSSR count). The SMILES string of the molecule is CCC(N)Cc1nc(-c2ncc(Cl)cc2Cl)no1. The molecule has 0 fully saturated rings. The fraction of sp³-hybridized carbons (Fsp3) is 0.364. The highest BCUT2D eigenvalue weighted by Crippen LogP contribution is 2.25. The van der Waals surface area contributed by atoms with Crippen LogP contribution in [0.2, 0.25) is 10.0 Å². The summed E-state index contributed by atoms with van der Waals surface area (Å²) in [5.74, 6) is 0.821. The second kappa shape index (κ2) is 5.65. The first-order chi connectivity index (χ1) is 8.60. The monoisotopic (exact) mass is 286 g/mol. The molecule has 0 saturated heterocycles. The van der Waals surface area contributed by atoms with Crippen LogP contribution in [0.4, 0.5) is 0 Å². The summed E-state index contributed by atoms with van der Waals surface area (Å²) >= 11 is 11.8. The van der Waals surface area contributed by atoms with Gasteiger partial charge in [0.05, 0.1) is 10.0 Å². The molecule has 0 amide bonds. The van der Waals surface area contributed by atoms with Gasteiger partial charge in [-0.15, -0.1) is 0 Å². The lowest BCUT2D eigenvalue weighted by atomic mass is 10.2. The van der Waals surface area contributed by atoms with Crippen molar-refractivity contribution < 1.29 is 4.52 Å². The van der Waals surface area contributed by atoms with Crippen LogP contribution in [0.5, 0.6) is 0 Å². The molecular formula is C11H12Cl2N4O. The van der Waals surface area contributed by atoms with Crippen LogP contribution < -0.4 is 5.73 Å². The van der Waals surface area contributed by atoms with Crippen LogP contribution in [0.1, 0.15) is 19.2 Å². The average molecular weight is 287 g/mol. The van der Waals surface area contributed by atoms with Gasteiger partial charge in [-0.25, -0.2) is 4.98 Å². The number of nitrogens with two attached hydrogens (primary N) is 1. The van der Waals surface area contributed by atoms with E-state index in [1.807, 2.05) is 6.92 Å². The van der Waals surface area contributed by atoms with E-state index >= 15 is 0 Å². The Hall–Kier alpha value is -1.17. The molecule has 5 nitrogen and oxygen atoms in total. The lowest BCUT2D eigenvalue weighted by Gasteiger charge is -2.02. The van der Waals surface area contributed by atoms with E-state index in [0.29, 0.717) is 33.9 Å². The van der Waals surface area contributed by atoms with Crippen molar-refractivity contribution in [3.8, 4) is 11.5 Å². The van der Waals surface area contributed by atoms with Crippen LogP contribution in [0, 0.1) is 0 Å². The average Bonchev–Trinajstić information content (AvgIpc) is 2.77. The summed E-state index contributed by atoms with van der Waals surface area (Å²) in [5.41, 5.74) is 6.26. The van der Waals surface area contributed by atoms with Gasteiger partial charge in [0.1, 0.15) is 5.69 Å². The molecule has 0 spiro atoms. The van der Waals surface area contributed by atoms with Crippen LogP contribution in [0.25, 0.3) is 11.5 Å². The van der Waals surface area contributed by atoms with Crippen molar-refractivity contribution in [1.29, 1.82) is 0 Å². The number of halogens is 2. The van der Waals surface area contributed by atoms with Gasteiger partial charge < -0.3 is 10.3 Å². The quantitative estimate of drug-likeness (QED) is 0.935. The van der Waals surface area contributed by atoms with E-state index in [4.69, 9.17) is 33.5 Å². The Bertz CT molecular complexity index is 544. The summed E-state index contributed by atoms with van der Waals surface area (Å²) in [6, 6.07) is 1.59. The summed E-state index contributed by atoms with van der Waals surface area (Å²) in [5, 5.41) is 4.68. The maximum absolute atomic E-state index is 6.01. The van der Waals surface area contributed by atoms with Gasteiger partial charge in [0, 0.05) is 18.7 Å². The van der Waals surface area contributed by atoms with Gasteiger partial charge >= 0.3 is 0 Å². The number of aromatic nitrogens is 3. The topological polar surface area (TPSA) is 77.8 Å². The molecule has 96 valence electrons. The van der Waals surface area contributed by atoms with Crippen molar-refractivity contribution in [2.75, 3.05) is 0 Å². The first-order valence-electron chi connectivity index (χ1n) is 5.49. The molecule has 1 unspecified atom stereocenters. The zero-order valence-corrected chi connectivity index (χ0v) is 11.2. The maximum Gasteiger partial charge on any atom is 0.228 e. The van der Waals surface area contributed by atoms with Crippen molar-refractivity contribution in [3.05, 3.63) is 28.2 Å². The fourth-order valence-electron chi connectivity index (χ4n) is 1.38. The first-order valence-corrected chi connectivity index (χ1v) is 6.25. The molecule has 0 radical (unpaired) electrons. The minimum absolute atomic E-state index is 0.00643. The molecule has 0 aromatic carbocycles. The summed E-state index contributed by atoms with van der Waals surface area (Å²) in [6.45, 7) is 2.00. The molecule has 0 aliphatic rings. The molecule has 2 heterocycles. The predicted molar refractivity (Wildman–Crippen MR) is 69.5 cm³/mol. The van der Waals surface area contributed by atoms with E-state index in [0.717, 1.165) is 6.42 Å². The highest BCUT2D eigenvalue weighted by atomic mass is 35.5. The first kappa shape index (κ1) is 13.3. The van der Waals surface area contributed by atoms with E-state index in [9.17, 15) is 0 Å². The number of nitrogens with zero attached hydrogens (tertiary/aromatic N) is 3. The van der Waals surface area contributed by atoms with Gasteiger partial charge in [0.2, 0.25) is 11.7 Å². The van der Waals surface area contributed by atoms with Crippen LogP contribution in [0.3, 0.4) is 0 Å². The Kier molecular flexibility index (Phi) is 4.16. The maximum atomic E-state index is 6.01. The Balaban J connectivity index is 2.24. The summed E-state index contributed by atoms with van der Waals surface area (Å²) < 4.78 is 5.10. The Morgan fingerprint density at radius 3 is 2.89 bits per heavy atom. The third-order valence-electron chi connectivity index (χ3n) is 2.45. The number of hydrogen-bond donors (Lipinski definition) is 1. The van der Waals surface area contributed by atoms with Gasteiger partial charge in [-0.1, -0.05) is 35.3 Å². The van der Waals surface area contributed by atoms with Crippen molar-refractivity contribution in [3.63, 3.8) is 0 Å². The lowest BCUT2D eigenvalue weighted by molar-refractivity contribution is 0.368. The molecule has 0 aliphatic heterocycles. The van der Waals surface area contributed by atoms with Crippen molar-refractivity contribution in [1.82, 2.24) is 15.1 Å². The van der Waals surface area contributed by atoms with E-state index in [2.05, 4.69) is 15.1 Å². The molecule has 7 heteroatoms. The van der Waals surface area contributed by atoms with Gasteiger partial charge in [-0.05, 0) is 12.5 Å². The second-order valence-electron chi connectivity index (χ2n) is 3.87. The van der Waals surface area contributed by atoms with Crippen molar-refractivity contribution in [2.45, 2.75) is 25.8 Å². The molecule has 2 aromatic heterocycles. The molecule has 1 atom stereocenters. The number of pyridine rings is 1. The highest BCUT2D eigenvalue weighted by Gasteiger charge is 2.15. The van der Waals surface area contributed by atoms with Gasteiger partial charge in [-0.2, -0.15) is 4.98 Å². The van der Waals surface area contributed by atoms with Crippen LogP contribution in [-0.2, 0) is 6.42 Å². The summed E-state index contributed by atoms with van der Waals surface area (Å²) in [4.78, 5) is 8.29. The van der Waals surface area contributed by atoms with Gasteiger partial charge in [-0.3, -0.25) is 0 Å². The largest absolute Gasteiger partial charge is 0.339 e. The van der Waals surface area contributed by atoms with E-state index in [1.54, 1.807) is 6.07 Å². The second-order valence-corrected chi connectivity index (χ2v) is 4.71. The Morgan fingerprint density at radius 2 is 2.22 bits per heavy atom. The standard InChI is InChI=1S/C11H12Cl2N4O/c1-2-7(14)4-9-16-11(17-18-9)10-8(13)3-6(12)5-15-10/h3,5,7H,2,4,14H2,1H3. The van der Waals surface area contributed by atoms with Crippen LogP contribution in [-0.4, -0.2) is 21.2 Å². The van der Waals surface area contributed by atoms with E-state index in [-0.39, 0.29) is 6.04 Å². The van der Waals surface area contributed by atoms with Crippen molar-refractivity contribution in [2.24, 2.45) is 5.73 Å². The third kappa shape index (κ3) is 2.98. The van der Waals surface area contributed by atoms with E-state index in [1.165, 1.54) is 6.20 Å². The molecule has 2 aromatic rings. The number of rotatable bonds is 4. The van der Waals surface area contributed by atoms with Gasteiger partial charge in [0.25, 0.3) is 0 Å².